The van der Waals surface area contributed by atoms with Crippen molar-refractivity contribution in [1.29, 1.82) is 0 Å². The normalized spacial score (nSPS) is 20.1. The van der Waals surface area contributed by atoms with Crippen LogP contribution in [0.25, 0.3) is 11.0 Å². The number of primary amides is 1. The van der Waals surface area contributed by atoms with Gasteiger partial charge in [0.05, 0.1) is 12.6 Å². The average Bonchev–Trinajstić information content (AvgIpc) is 3.38. The first kappa shape index (κ1) is 24.3. The number of hydrogen-bond donors (Lipinski definition) is 1. The molecule has 2 N–H and O–H groups in total. The van der Waals surface area contributed by atoms with Gasteiger partial charge in [-0.2, -0.15) is 0 Å². The fourth-order valence-corrected chi connectivity index (χ4v) is 4.78. The third-order valence-corrected chi connectivity index (χ3v) is 6.05. The number of hydrogen-bond acceptors (Lipinski definition) is 6. The highest BCUT2D eigenvalue weighted by atomic mass is 16.6. The molecule has 1 aliphatic heterocycles. The van der Waals surface area contributed by atoms with E-state index in [0.717, 1.165) is 5.56 Å². The number of esters is 1. The number of ether oxygens (including phenoxy) is 2. The van der Waals surface area contributed by atoms with Gasteiger partial charge >= 0.3 is 12.1 Å². The molecule has 8 nitrogen and oxygen atoms in total. The summed E-state index contributed by atoms with van der Waals surface area (Å²) in [5, 5.41) is 0.658. The SMILES string of the molecule is CCOC(=O)c1oc2ccccc2c1C1C[C@H](c2ccccc2)[C@@H](C(N)=O)N1C(=O)OC(C)(C)C. The van der Waals surface area contributed by atoms with Gasteiger partial charge in [0.1, 0.15) is 17.2 Å². The highest BCUT2D eigenvalue weighted by molar-refractivity contribution is 5.97. The Hall–Kier alpha value is -3.81. The number of fused-ring (bicyclic) bond motifs is 1. The highest BCUT2D eigenvalue weighted by Crippen LogP contribution is 2.49. The molecule has 4 rings (SSSR count). The third kappa shape index (κ3) is 4.73. The molecule has 2 amide bonds. The summed E-state index contributed by atoms with van der Waals surface area (Å²) in [6, 6.07) is 14.9. The van der Waals surface area contributed by atoms with E-state index in [1.807, 2.05) is 42.5 Å². The van der Waals surface area contributed by atoms with Crippen molar-refractivity contribution < 1.29 is 28.3 Å². The van der Waals surface area contributed by atoms with Crippen molar-refractivity contribution >= 4 is 28.9 Å². The van der Waals surface area contributed by atoms with Crippen LogP contribution in [0.1, 0.15) is 67.8 Å². The molecule has 1 unspecified atom stereocenters. The minimum Gasteiger partial charge on any atom is -0.460 e. The summed E-state index contributed by atoms with van der Waals surface area (Å²) < 4.78 is 16.9. The number of nitrogens with two attached hydrogens (primary N) is 1. The van der Waals surface area contributed by atoms with Gasteiger partial charge < -0.3 is 19.6 Å². The Labute approximate surface area is 204 Å². The molecule has 1 saturated heterocycles. The molecular formula is C27H30N2O6. The summed E-state index contributed by atoms with van der Waals surface area (Å²) in [5.41, 5.74) is 6.90. The Morgan fingerprint density at radius 1 is 1.06 bits per heavy atom. The number of carbonyl (C=O) groups is 3. The molecule has 35 heavy (non-hydrogen) atoms. The average molecular weight is 479 g/mol. The van der Waals surface area contributed by atoms with Crippen molar-refractivity contribution in [2.75, 3.05) is 6.61 Å². The molecule has 184 valence electrons. The number of para-hydroxylation sites is 1. The van der Waals surface area contributed by atoms with E-state index in [-0.39, 0.29) is 12.4 Å². The van der Waals surface area contributed by atoms with Crippen LogP contribution in [0.2, 0.25) is 0 Å². The predicted molar refractivity (Wildman–Crippen MR) is 130 cm³/mol. The van der Waals surface area contributed by atoms with E-state index in [1.54, 1.807) is 39.8 Å². The zero-order valence-electron chi connectivity index (χ0n) is 20.3. The van der Waals surface area contributed by atoms with Crippen LogP contribution in [-0.4, -0.2) is 41.1 Å². The highest BCUT2D eigenvalue weighted by Gasteiger charge is 2.51. The van der Waals surface area contributed by atoms with Crippen molar-refractivity contribution in [2.24, 2.45) is 5.73 Å². The Bertz CT molecular complexity index is 1240. The minimum atomic E-state index is -0.985. The Morgan fingerprint density at radius 3 is 2.34 bits per heavy atom. The summed E-state index contributed by atoms with van der Waals surface area (Å²) in [7, 11) is 0. The molecule has 2 heterocycles. The van der Waals surface area contributed by atoms with Gasteiger partial charge in [-0.05, 0) is 45.7 Å². The van der Waals surface area contributed by atoms with Gasteiger partial charge in [-0.25, -0.2) is 9.59 Å². The lowest BCUT2D eigenvalue weighted by Crippen LogP contribution is -2.48. The molecule has 0 radical (unpaired) electrons. The molecule has 2 aromatic carbocycles. The maximum absolute atomic E-state index is 13.6. The maximum atomic E-state index is 13.6. The van der Waals surface area contributed by atoms with E-state index >= 15 is 0 Å². The summed E-state index contributed by atoms with van der Waals surface area (Å²) in [5.74, 6) is -1.70. The number of carbonyl (C=O) groups excluding carboxylic acids is 3. The van der Waals surface area contributed by atoms with Crippen molar-refractivity contribution in [2.45, 2.75) is 57.7 Å². The van der Waals surface area contributed by atoms with Gasteiger partial charge in [0.25, 0.3) is 0 Å². The molecule has 8 heteroatoms. The fraction of sp³-hybridized carbons (Fsp3) is 0.370. The summed E-state index contributed by atoms with van der Waals surface area (Å²) in [6.07, 6.45) is -0.350. The predicted octanol–water partition coefficient (Wildman–Crippen LogP) is 4.93. The van der Waals surface area contributed by atoms with Crippen molar-refractivity contribution in [3.05, 3.63) is 71.5 Å². The summed E-state index contributed by atoms with van der Waals surface area (Å²) in [6.45, 7) is 7.12. The second-order valence-electron chi connectivity index (χ2n) is 9.56. The lowest BCUT2D eigenvalue weighted by molar-refractivity contribution is -0.123. The molecule has 1 aliphatic rings. The second kappa shape index (κ2) is 9.44. The Kier molecular flexibility index (Phi) is 6.56. The lowest BCUT2D eigenvalue weighted by Gasteiger charge is -2.32. The second-order valence-corrected chi connectivity index (χ2v) is 9.56. The van der Waals surface area contributed by atoms with E-state index in [1.165, 1.54) is 4.90 Å². The molecule has 0 aliphatic carbocycles. The van der Waals surface area contributed by atoms with Crippen molar-refractivity contribution in [1.82, 2.24) is 4.90 Å². The quantitative estimate of drug-likeness (QED) is 0.521. The first-order chi connectivity index (χ1) is 16.6. The van der Waals surface area contributed by atoms with Gasteiger partial charge in [0.15, 0.2) is 0 Å². The summed E-state index contributed by atoms with van der Waals surface area (Å²) >= 11 is 0. The van der Waals surface area contributed by atoms with E-state index in [2.05, 4.69) is 0 Å². The van der Waals surface area contributed by atoms with Gasteiger partial charge in [-0.15, -0.1) is 0 Å². The topological polar surface area (TPSA) is 112 Å². The molecule has 3 atom stereocenters. The van der Waals surface area contributed by atoms with E-state index in [0.29, 0.717) is 23.0 Å². The van der Waals surface area contributed by atoms with E-state index in [9.17, 15) is 14.4 Å². The first-order valence-electron chi connectivity index (χ1n) is 11.7. The number of nitrogens with zero attached hydrogens (tertiary/aromatic N) is 1. The van der Waals surface area contributed by atoms with Crippen LogP contribution >= 0.6 is 0 Å². The van der Waals surface area contributed by atoms with Crippen LogP contribution in [0, 0.1) is 0 Å². The first-order valence-corrected chi connectivity index (χ1v) is 11.7. The smallest absolute Gasteiger partial charge is 0.411 e. The Balaban J connectivity index is 1.93. The zero-order valence-corrected chi connectivity index (χ0v) is 20.3. The largest absolute Gasteiger partial charge is 0.460 e. The van der Waals surface area contributed by atoms with Crippen molar-refractivity contribution in [3.63, 3.8) is 0 Å². The molecule has 3 aromatic rings. The minimum absolute atomic E-state index is 0.00328. The van der Waals surface area contributed by atoms with Crippen LogP contribution < -0.4 is 5.73 Å². The summed E-state index contributed by atoms with van der Waals surface area (Å²) in [4.78, 5) is 40.7. The fourth-order valence-electron chi connectivity index (χ4n) is 4.78. The molecule has 0 saturated carbocycles. The number of benzene rings is 2. The monoisotopic (exact) mass is 478 g/mol. The molecule has 1 fully saturated rings. The Morgan fingerprint density at radius 2 is 1.71 bits per heavy atom. The van der Waals surface area contributed by atoms with Crippen LogP contribution in [0.4, 0.5) is 4.79 Å². The van der Waals surface area contributed by atoms with Gasteiger partial charge in [0, 0.05) is 16.9 Å². The number of amides is 2. The van der Waals surface area contributed by atoms with Gasteiger partial charge in [0.2, 0.25) is 11.7 Å². The van der Waals surface area contributed by atoms with Crippen LogP contribution in [0.3, 0.4) is 0 Å². The van der Waals surface area contributed by atoms with E-state index < -0.39 is 41.6 Å². The molecule has 0 spiro atoms. The van der Waals surface area contributed by atoms with Crippen molar-refractivity contribution in [3.8, 4) is 0 Å². The molecule has 1 aromatic heterocycles. The third-order valence-electron chi connectivity index (χ3n) is 6.05. The standard InChI is InChI=1S/C27H30N2O6/c1-5-33-25(31)23-21(17-13-9-10-14-20(17)34-23)19-15-18(16-11-7-6-8-12-16)22(24(28)30)29(19)26(32)35-27(2,3)4/h6-14,18-19,22H,5,15H2,1-4H3,(H2,28,30)/t18-,19?,22+/m1/s1. The number of furan rings is 1. The zero-order chi connectivity index (χ0) is 25.3. The maximum Gasteiger partial charge on any atom is 0.411 e. The number of likely N-dealkylation sites (tertiary alicyclic amines) is 1. The van der Waals surface area contributed by atoms with E-state index in [4.69, 9.17) is 19.6 Å². The molecular weight excluding hydrogens is 448 g/mol. The van der Waals surface area contributed by atoms with Crippen LogP contribution in [0.15, 0.2) is 59.0 Å². The van der Waals surface area contributed by atoms with Gasteiger partial charge in [-0.1, -0.05) is 48.5 Å². The number of rotatable bonds is 5. The lowest BCUT2D eigenvalue weighted by atomic mass is 9.89. The van der Waals surface area contributed by atoms with Crippen LogP contribution in [-0.2, 0) is 14.3 Å². The van der Waals surface area contributed by atoms with Gasteiger partial charge in [-0.3, -0.25) is 9.69 Å². The molecule has 0 bridgehead atoms. The van der Waals surface area contributed by atoms with Crippen LogP contribution in [0.5, 0.6) is 0 Å².